The van der Waals surface area contributed by atoms with Crippen LogP contribution >= 0.6 is 0 Å². The van der Waals surface area contributed by atoms with Crippen molar-refractivity contribution in [3.63, 3.8) is 0 Å². The molecule has 40 heavy (non-hydrogen) atoms. The first-order valence-electron chi connectivity index (χ1n) is 12.0. The Balaban J connectivity index is 2.01. The van der Waals surface area contributed by atoms with E-state index in [1.165, 1.54) is 6.07 Å². The van der Waals surface area contributed by atoms with Gasteiger partial charge in [0.15, 0.2) is 0 Å². The minimum absolute atomic E-state index is 0.0101. The molecule has 0 unspecified atom stereocenters. The summed E-state index contributed by atoms with van der Waals surface area (Å²) >= 11 is 0. The quantitative estimate of drug-likeness (QED) is 0.210. The zero-order valence-electron chi connectivity index (χ0n) is 21.8. The van der Waals surface area contributed by atoms with E-state index in [0.717, 1.165) is 12.1 Å². The molecule has 0 N–H and O–H groups in total. The standard InChI is InChI=1S/C24H29F9N2O5/c1-21(2,3)40-18(36)5-4-12-38-17-13-16(22(25,26)27)7-6-15(17)14-34-8-10-35(11-9-34)20(37)39-19(23(28,29)30)24(31,32)33/h6-7,13,19H,4-5,8-12,14H2,1-3H3. The topological polar surface area (TPSA) is 68.3 Å². The highest BCUT2D eigenvalue weighted by Crippen LogP contribution is 2.36. The maximum atomic E-state index is 13.2. The fraction of sp³-hybridized carbons (Fsp3) is 0.667. The van der Waals surface area contributed by atoms with E-state index in [1.807, 2.05) is 0 Å². The highest BCUT2D eigenvalue weighted by atomic mass is 19.4. The van der Waals surface area contributed by atoms with Crippen LogP contribution in [-0.4, -0.2) is 78.7 Å². The van der Waals surface area contributed by atoms with Crippen molar-refractivity contribution in [1.82, 2.24) is 9.80 Å². The molecule has 0 bridgehead atoms. The van der Waals surface area contributed by atoms with Gasteiger partial charge in [0, 0.05) is 44.7 Å². The van der Waals surface area contributed by atoms with Crippen molar-refractivity contribution in [2.75, 3.05) is 32.8 Å². The molecule has 1 heterocycles. The van der Waals surface area contributed by atoms with Gasteiger partial charge in [0.2, 0.25) is 0 Å². The molecule has 7 nitrogen and oxygen atoms in total. The number of ether oxygens (including phenoxy) is 3. The number of esters is 1. The second-order valence-corrected chi connectivity index (χ2v) is 9.97. The predicted molar refractivity (Wildman–Crippen MR) is 121 cm³/mol. The lowest BCUT2D eigenvalue weighted by Gasteiger charge is -2.35. The van der Waals surface area contributed by atoms with Gasteiger partial charge in [-0.3, -0.25) is 9.69 Å². The number of rotatable bonds is 8. The van der Waals surface area contributed by atoms with Gasteiger partial charge in [-0.1, -0.05) is 6.07 Å². The van der Waals surface area contributed by atoms with Crippen molar-refractivity contribution in [2.45, 2.75) is 70.4 Å². The molecule has 228 valence electrons. The molecule has 0 radical (unpaired) electrons. The number of carbonyl (C=O) groups excluding carboxylic acids is 2. The lowest BCUT2D eigenvalue weighted by Crippen LogP contribution is -2.52. The summed E-state index contributed by atoms with van der Waals surface area (Å²) in [6.45, 7) is 4.35. The van der Waals surface area contributed by atoms with Crippen molar-refractivity contribution >= 4 is 12.1 Å². The summed E-state index contributed by atoms with van der Waals surface area (Å²) in [6.07, 6.45) is -22.3. The molecule has 16 heteroatoms. The molecule has 1 fully saturated rings. The average molecular weight is 596 g/mol. The molecule has 1 aliphatic rings. The number of hydrogen-bond donors (Lipinski definition) is 0. The van der Waals surface area contributed by atoms with Crippen molar-refractivity contribution in [2.24, 2.45) is 0 Å². The number of amides is 1. The zero-order chi connectivity index (χ0) is 30.5. The summed E-state index contributed by atoms with van der Waals surface area (Å²) in [7, 11) is 0. The summed E-state index contributed by atoms with van der Waals surface area (Å²) in [4.78, 5) is 26.1. The highest BCUT2D eigenvalue weighted by Gasteiger charge is 2.60. The fourth-order valence-corrected chi connectivity index (χ4v) is 3.61. The summed E-state index contributed by atoms with van der Waals surface area (Å²) in [5, 5.41) is 0. The molecule has 0 aromatic heterocycles. The number of benzene rings is 1. The number of piperazine rings is 1. The number of nitrogens with zero attached hydrogens (tertiary/aromatic N) is 2. The van der Waals surface area contributed by atoms with Crippen LogP contribution in [0, 0.1) is 0 Å². The molecule has 1 saturated heterocycles. The van der Waals surface area contributed by atoms with Gasteiger partial charge < -0.3 is 19.1 Å². The molecule has 0 aliphatic carbocycles. The molecule has 1 aliphatic heterocycles. The van der Waals surface area contributed by atoms with Crippen LogP contribution < -0.4 is 4.74 Å². The van der Waals surface area contributed by atoms with Crippen LogP contribution in [0.25, 0.3) is 0 Å². The number of alkyl halides is 9. The van der Waals surface area contributed by atoms with Crippen molar-refractivity contribution < 1.29 is 63.3 Å². The summed E-state index contributed by atoms with van der Waals surface area (Å²) in [5.41, 5.74) is -1.36. The predicted octanol–water partition coefficient (Wildman–Crippen LogP) is 5.95. The summed E-state index contributed by atoms with van der Waals surface area (Å²) < 4.78 is 130. The van der Waals surface area contributed by atoms with Crippen molar-refractivity contribution in [3.05, 3.63) is 29.3 Å². The Morgan fingerprint density at radius 1 is 0.900 bits per heavy atom. The van der Waals surface area contributed by atoms with Crippen LogP contribution in [0.1, 0.15) is 44.7 Å². The first-order valence-corrected chi connectivity index (χ1v) is 12.0. The van der Waals surface area contributed by atoms with Gasteiger partial charge in [-0.25, -0.2) is 4.79 Å². The third-order valence-corrected chi connectivity index (χ3v) is 5.44. The molecular weight excluding hydrogens is 567 g/mol. The van der Waals surface area contributed by atoms with E-state index in [-0.39, 0.29) is 57.9 Å². The monoisotopic (exact) mass is 596 g/mol. The van der Waals surface area contributed by atoms with E-state index in [9.17, 15) is 49.1 Å². The third kappa shape index (κ3) is 10.6. The van der Waals surface area contributed by atoms with E-state index in [2.05, 4.69) is 4.74 Å². The average Bonchev–Trinajstić information content (AvgIpc) is 2.78. The van der Waals surface area contributed by atoms with Gasteiger partial charge in [0.05, 0.1) is 12.2 Å². The van der Waals surface area contributed by atoms with E-state index in [1.54, 1.807) is 25.7 Å². The van der Waals surface area contributed by atoms with Gasteiger partial charge in [0.25, 0.3) is 6.10 Å². The zero-order valence-corrected chi connectivity index (χ0v) is 21.8. The Bertz CT molecular complexity index is 998. The minimum atomic E-state index is -5.85. The highest BCUT2D eigenvalue weighted by molar-refractivity contribution is 5.69. The third-order valence-electron chi connectivity index (χ3n) is 5.44. The largest absolute Gasteiger partial charge is 0.493 e. The van der Waals surface area contributed by atoms with Crippen LogP contribution in [0.4, 0.5) is 44.3 Å². The molecule has 0 atom stereocenters. The molecule has 0 spiro atoms. The molecule has 2 rings (SSSR count). The molecule has 1 aromatic carbocycles. The minimum Gasteiger partial charge on any atom is -0.493 e. The maximum absolute atomic E-state index is 13.2. The van der Waals surface area contributed by atoms with Crippen LogP contribution in [-0.2, 0) is 27.0 Å². The first kappa shape index (κ1) is 33.3. The number of hydrogen-bond acceptors (Lipinski definition) is 6. The lowest BCUT2D eigenvalue weighted by atomic mass is 10.1. The second kappa shape index (κ2) is 12.7. The molecule has 1 aromatic rings. The fourth-order valence-electron chi connectivity index (χ4n) is 3.61. The summed E-state index contributed by atoms with van der Waals surface area (Å²) in [6, 6.07) is 2.82. The molecule has 1 amide bonds. The van der Waals surface area contributed by atoms with Crippen LogP contribution in [0.15, 0.2) is 18.2 Å². The Morgan fingerprint density at radius 3 is 1.98 bits per heavy atom. The van der Waals surface area contributed by atoms with Crippen LogP contribution in [0.5, 0.6) is 5.75 Å². The Labute approximate surface area is 224 Å². The second-order valence-electron chi connectivity index (χ2n) is 9.97. The van der Waals surface area contributed by atoms with Gasteiger partial charge in [-0.15, -0.1) is 0 Å². The number of carbonyl (C=O) groups is 2. The van der Waals surface area contributed by atoms with Crippen LogP contribution in [0.2, 0.25) is 0 Å². The van der Waals surface area contributed by atoms with E-state index in [4.69, 9.17) is 9.47 Å². The summed E-state index contributed by atoms with van der Waals surface area (Å²) in [5.74, 6) is -0.618. The number of halogens is 9. The lowest BCUT2D eigenvalue weighted by molar-refractivity contribution is -0.308. The Kier molecular flexibility index (Phi) is 10.6. The van der Waals surface area contributed by atoms with Crippen molar-refractivity contribution in [1.29, 1.82) is 0 Å². The first-order chi connectivity index (χ1) is 18.2. The maximum Gasteiger partial charge on any atom is 0.434 e. The van der Waals surface area contributed by atoms with E-state index in [0.29, 0.717) is 10.5 Å². The van der Waals surface area contributed by atoms with Gasteiger partial charge in [0.1, 0.15) is 11.4 Å². The SMILES string of the molecule is CC(C)(C)OC(=O)CCCOc1cc(C(F)(F)F)ccc1CN1CCN(C(=O)OC(C(F)(F)F)C(F)(F)F)CC1. The van der Waals surface area contributed by atoms with Gasteiger partial charge in [-0.05, 0) is 39.3 Å². The van der Waals surface area contributed by atoms with Gasteiger partial charge in [-0.2, -0.15) is 39.5 Å². The van der Waals surface area contributed by atoms with Gasteiger partial charge >= 0.3 is 30.6 Å². The Hall–Kier alpha value is -2.91. The Morgan fingerprint density at radius 2 is 1.48 bits per heavy atom. The molecule has 0 saturated carbocycles. The normalized spacial score (nSPS) is 15.8. The van der Waals surface area contributed by atoms with E-state index >= 15 is 0 Å². The van der Waals surface area contributed by atoms with E-state index < -0.39 is 47.9 Å². The van der Waals surface area contributed by atoms with Crippen molar-refractivity contribution in [3.8, 4) is 5.75 Å². The smallest absolute Gasteiger partial charge is 0.434 e. The van der Waals surface area contributed by atoms with Crippen LogP contribution in [0.3, 0.4) is 0 Å². The molecular formula is C24H29F9N2O5.